The standard InChI is InChI=1S/CHF4P2/c2-6(3)1-7(4)5/h1H/q+1. The van der Waals surface area contributed by atoms with E-state index in [-0.39, 0.29) is 5.54 Å². The monoisotopic (exact) mass is 151 g/mol. The highest BCUT2D eigenvalue weighted by atomic mass is 31.2. The van der Waals surface area contributed by atoms with Gasteiger partial charge in [0.15, 0.2) is 0 Å². The highest BCUT2D eigenvalue weighted by Crippen LogP contribution is 2.42. The lowest BCUT2D eigenvalue weighted by atomic mass is 11.9. The van der Waals surface area contributed by atoms with E-state index < -0.39 is 16.7 Å². The largest absolute Gasteiger partial charge is 0.542 e. The molecule has 6 heteroatoms. The third-order valence-electron chi connectivity index (χ3n) is 0.175. The molecular weight excluding hydrogens is 150 g/mol. The van der Waals surface area contributed by atoms with Crippen molar-refractivity contribution >= 4 is 22.2 Å². The molecule has 0 amide bonds. The first kappa shape index (κ1) is 7.32. The van der Waals surface area contributed by atoms with Gasteiger partial charge in [-0.3, -0.25) is 0 Å². The lowest BCUT2D eigenvalue weighted by molar-refractivity contribution is 0.766. The summed E-state index contributed by atoms with van der Waals surface area (Å²) in [6, 6.07) is 0. The molecule has 0 atom stereocenters. The van der Waals surface area contributed by atoms with Gasteiger partial charge in [-0.1, -0.05) is 0 Å². The maximum absolute atomic E-state index is 10.8. The Labute approximate surface area is 40.1 Å². The molecule has 0 aromatic rings. The molecule has 0 aromatic carbocycles. The molecule has 0 rings (SSSR count). The highest BCUT2D eigenvalue weighted by Gasteiger charge is 2.13. The Morgan fingerprint density at radius 3 is 1.71 bits per heavy atom. The summed E-state index contributed by atoms with van der Waals surface area (Å²) in [4.78, 5) is 0. The second kappa shape index (κ2) is 3.34. The van der Waals surface area contributed by atoms with Crippen LogP contribution < -0.4 is 0 Å². The third kappa shape index (κ3) is 6.32. The van der Waals surface area contributed by atoms with Crippen molar-refractivity contribution in [3.05, 3.63) is 0 Å². The van der Waals surface area contributed by atoms with Crippen LogP contribution in [0.4, 0.5) is 16.8 Å². The van der Waals surface area contributed by atoms with Gasteiger partial charge in [0.05, 0.1) is 8.39 Å². The zero-order valence-corrected chi connectivity index (χ0v) is 4.77. The average Bonchev–Trinajstić information content (AvgIpc) is 1.27. The fourth-order valence-corrected chi connectivity index (χ4v) is 0.594. The molecule has 0 N–H and O–H groups in total. The number of halogens is 4. The van der Waals surface area contributed by atoms with Gasteiger partial charge in [0, 0.05) is 0 Å². The summed E-state index contributed by atoms with van der Waals surface area (Å²) in [6.45, 7) is 0. The Morgan fingerprint density at radius 2 is 1.71 bits per heavy atom. The Hall–Kier alpha value is 0.320. The van der Waals surface area contributed by atoms with Crippen molar-refractivity contribution in [2.24, 2.45) is 0 Å². The van der Waals surface area contributed by atoms with Crippen LogP contribution in [0.1, 0.15) is 0 Å². The number of rotatable bonds is 1. The van der Waals surface area contributed by atoms with Crippen LogP contribution >= 0.6 is 16.7 Å². The van der Waals surface area contributed by atoms with Crippen molar-refractivity contribution in [1.29, 1.82) is 0 Å². The molecule has 0 heterocycles. The summed E-state index contributed by atoms with van der Waals surface area (Å²) in [7, 11) is -6.97. The van der Waals surface area contributed by atoms with Crippen LogP contribution in [-0.2, 0) is 0 Å². The second-order valence-electron chi connectivity index (χ2n) is 0.634. The van der Waals surface area contributed by atoms with Crippen molar-refractivity contribution in [2.45, 2.75) is 0 Å². The molecule has 0 aliphatic heterocycles. The van der Waals surface area contributed by atoms with Crippen LogP contribution in [0.5, 0.6) is 0 Å². The smallest absolute Gasteiger partial charge is 0.179 e. The summed E-state index contributed by atoms with van der Waals surface area (Å²) < 4.78 is 43.3. The summed E-state index contributed by atoms with van der Waals surface area (Å²) >= 11 is 0. The maximum atomic E-state index is 10.8. The first-order chi connectivity index (χ1) is 3.13. The molecule has 0 unspecified atom stereocenters. The van der Waals surface area contributed by atoms with Gasteiger partial charge in [0.2, 0.25) is 5.54 Å². The highest BCUT2D eigenvalue weighted by molar-refractivity contribution is 7.77. The molecule has 0 bridgehead atoms. The van der Waals surface area contributed by atoms with Crippen molar-refractivity contribution in [1.82, 2.24) is 0 Å². The molecule has 0 aliphatic rings. The SMILES string of the molecule is FP(F)C=[P+](F)F. The molecule has 0 aromatic heterocycles. The predicted molar refractivity (Wildman–Crippen MR) is 24.3 cm³/mol. The molecule has 0 radical (unpaired) electrons. The van der Waals surface area contributed by atoms with Gasteiger partial charge in [0.1, 0.15) is 0 Å². The normalized spacial score (nSPS) is 9.29. The van der Waals surface area contributed by atoms with Crippen molar-refractivity contribution < 1.29 is 16.8 Å². The van der Waals surface area contributed by atoms with Gasteiger partial charge in [0.25, 0.3) is 0 Å². The van der Waals surface area contributed by atoms with E-state index in [0.717, 1.165) is 0 Å². The number of hydrogen-bond donors (Lipinski definition) is 0. The topological polar surface area (TPSA) is 0 Å². The Balaban J connectivity index is 3.45. The van der Waals surface area contributed by atoms with Gasteiger partial charge in [-0.05, 0) is 0 Å². The fourth-order valence-electron chi connectivity index (χ4n) is 0.0660. The van der Waals surface area contributed by atoms with Crippen molar-refractivity contribution in [3.8, 4) is 0 Å². The van der Waals surface area contributed by atoms with Gasteiger partial charge < -0.3 is 0 Å². The van der Waals surface area contributed by atoms with E-state index in [1.807, 2.05) is 0 Å². The molecule has 0 aliphatic carbocycles. The lowest BCUT2D eigenvalue weighted by Crippen LogP contribution is -1.46. The zero-order chi connectivity index (χ0) is 5.86. The van der Waals surface area contributed by atoms with Gasteiger partial charge in [-0.25, -0.2) is 0 Å². The molecule has 0 fully saturated rings. The first-order valence-electron chi connectivity index (χ1n) is 1.19. The van der Waals surface area contributed by atoms with Crippen molar-refractivity contribution in [2.75, 3.05) is 0 Å². The Bertz CT molecular complexity index is 73.8. The molecule has 0 spiro atoms. The summed E-state index contributed by atoms with van der Waals surface area (Å²) in [5, 5.41) is 0. The van der Waals surface area contributed by atoms with E-state index in [1.165, 1.54) is 0 Å². The van der Waals surface area contributed by atoms with E-state index in [2.05, 4.69) is 0 Å². The van der Waals surface area contributed by atoms with Gasteiger partial charge in [-0.15, -0.1) is 0 Å². The quantitative estimate of drug-likeness (QED) is 0.398. The van der Waals surface area contributed by atoms with Crippen LogP contribution in [0.25, 0.3) is 0 Å². The summed E-state index contributed by atoms with van der Waals surface area (Å²) in [6.07, 6.45) is 0. The number of hydrogen-bond acceptors (Lipinski definition) is 0. The van der Waals surface area contributed by atoms with E-state index >= 15 is 0 Å². The average molecular weight is 151 g/mol. The van der Waals surface area contributed by atoms with E-state index in [1.54, 1.807) is 0 Å². The minimum Gasteiger partial charge on any atom is -0.179 e. The molecule has 7 heavy (non-hydrogen) atoms. The minimum absolute atomic E-state index is 0.204. The minimum atomic E-state index is -3.49. The molecule has 42 valence electrons. The molecule has 0 nitrogen and oxygen atoms in total. The molecular formula is CHF4P2+. The summed E-state index contributed by atoms with van der Waals surface area (Å²) in [5.74, 6) is 0. The second-order valence-corrected chi connectivity index (χ2v) is 2.59. The van der Waals surface area contributed by atoms with E-state index in [0.29, 0.717) is 0 Å². The zero-order valence-electron chi connectivity index (χ0n) is 2.98. The van der Waals surface area contributed by atoms with Gasteiger partial charge >= 0.3 is 16.7 Å². The van der Waals surface area contributed by atoms with Crippen LogP contribution in [-0.4, -0.2) is 5.54 Å². The fraction of sp³-hybridized carbons (Fsp3) is 0. The lowest BCUT2D eigenvalue weighted by Gasteiger charge is -1.68. The Kier molecular flexibility index (Phi) is 3.49. The van der Waals surface area contributed by atoms with E-state index in [4.69, 9.17) is 0 Å². The Morgan fingerprint density at radius 1 is 1.29 bits per heavy atom. The maximum Gasteiger partial charge on any atom is 0.542 e. The third-order valence-corrected chi connectivity index (χ3v) is 1.57. The van der Waals surface area contributed by atoms with Gasteiger partial charge in [-0.2, -0.15) is 8.39 Å². The van der Waals surface area contributed by atoms with Crippen LogP contribution in [0.15, 0.2) is 0 Å². The van der Waals surface area contributed by atoms with Crippen LogP contribution in [0, 0.1) is 0 Å². The van der Waals surface area contributed by atoms with Crippen molar-refractivity contribution in [3.63, 3.8) is 0 Å². The molecule has 0 saturated carbocycles. The summed E-state index contributed by atoms with van der Waals surface area (Å²) in [5.41, 5.74) is -0.204. The van der Waals surface area contributed by atoms with Crippen LogP contribution in [0.3, 0.4) is 0 Å². The predicted octanol–water partition coefficient (Wildman–Crippen LogP) is 3.25. The van der Waals surface area contributed by atoms with Crippen LogP contribution in [0.2, 0.25) is 0 Å². The molecule has 0 saturated heterocycles. The first-order valence-corrected chi connectivity index (χ1v) is 3.58. The van der Waals surface area contributed by atoms with E-state index in [9.17, 15) is 16.8 Å².